The first-order chi connectivity index (χ1) is 8.99. The first-order valence-corrected chi connectivity index (χ1v) is 7.05. The molecule has 0 aliphatic heterocycles. The van der Waals surface area contributed by atoms with E-state index in [2.05, 4.69) is 21.2 Å². The molecule has 0 heterocycles. The zero-order valence-corrected chi connectivity index (χ0v) is 12.4. The van der Waals surface area contributed by atoms with E-state index in [0.29, 0.717) is 19.3 Å². The van der Waals surface area contributed by atoms with Gasteiger partial charge in [0.1, 0.15) is 0 Å². The first-order valence-electron chi connectivity index (χ1n) is 6.25. The lowest BCUT2D eigenvalue weighted by Gasteiger charge is -2.14. The number of hydrogen-bond acceptors (Lipinski definition) is 2. The molecule has 4 nitrogen and oxygen atoms in total. The molecular formula is C14H18BrNO3. The number of carbonyl (C=O) groups excluding carboxylic acids is 1. The number of hydrogen-bond donors (Lipinski definition) is 2. The fourth-order valence-electron chi connectivity index (χ4n) is 1.71. The molecule has 2 N–H and O–H groups in total. The van der Waals surface area contributed by atoms with Gasteiger partial charge in [-0.3, -0.25) is 9.59 Å². The predicted molar refractivity (Wildman–Crippen MR) is 76.8 cm³/mol. The number of amides is 1. The van der Waals surface area contributed by atoms with Crippen LogP contribution in [0.25, 0.3) is 0 Å². The van der Waals surface area contributed by atoms with Gasteiger partial charge in [-0.1, -0.05) is 28.1 Å². The lowest BCUT2D eigenvalue weighted by molar-refractivity contribution is -0.137. The molecule has 0 aliphatic carbocycles. The van der Waals surface area contributed by atoms with E-state index < -0.39 is 5.97 Å². The summed E-state index contributed by atoms with van der Waals surface area (Å²) in [7, 11) is 0. The number of carboxylic acids is 1. The van der Waals surface area contributed by atoms with Crippen LogP contribution in [0.4, 0.5) is 0 Å². The summed E-state index contributed by atoms with van der Waals surface area (Å²) in [5.74, 6) is -0.857. The van der Waals surface area contributed by atoms with Crippen LogP contribution in [-0.2, 0) is 9.59 Å². The highest BCUT2D eigenvalue weighted by atomic mass is 79.9. The lowest BCUT2D eigenvalue weighted by Crippen LogP contribution is -2.26. The molecular weight excluding hydrogens is 310 g/mol. The maximum Gasteiger partial charge on any atom is 0.303 e. The molecule has 0 bridgehead atoms. The Labute approximate surface area is 121 Å². The van der Waals surface area contributed by atoms with Crippen molar-refractivity contribution in [1.29, 1.82) is 0 Å². The number of aliphatic carboxylic acids is 1. The molecule has 0 saturated carbocycles. The van der Waals surface area contributed by atoms with E-state index in [9.17, 15) is 9.59 Å². The van der Waals surface area contributed by atoms with Crippen molar-refractivity contribution in [1.82, 2.24) is 5.32 Å². The molecule has 19 heavy (non-hydrogen) atoms. The Morgan fingerprint density at radius 2 is 1.79 bits per heavy atom. The van der Waals surface area contributed by atoms with Crippen LogP contribution in [0.15, 0.2) is 28.7 Å². The molecule has 5 heteroatoms. The highest BCUT2D eigenvalue weighted by molar-refractivity contribution is 9.10. The van der Waals surface area contributed by atoms with Crippen molar-refractivity contribution >= 4 is 27.8 Å². The van der Waals surface area contributed by atoms with Gasteiger partial charge in [-0.25, -0.2) is 0 Å². The largest absolute Gasteiger partial charge is 0.481 e. The van der Waals surface area contributed by atoms with Crippen LogP contribution >= 0.6 is 15.9 Å². The molecule has 1 rings (SSSR count). The van der Waals surface area contributed by atoms with Crippen LogP contribution < -0.4 is 5.32 Å². The summed E-state index contributed by atoms with van der Waals surface area (Å²) in [6.45, 7) is 1.93. The van der Waals surface area contributed by atoms with Gasteiger partial charge in [0.15, 0.2) is 0 Å². The molecule has 0 radical (unpaired) electrons. The van der Waals surface area contributed by atoms with Gasteiger partial charge in [0, 0.05) is 17.3 Å². The van der Waals surface area contributed by atoms with Crippen LogP contribution in [0.2, 0.25) is 0 Å². The average molecular weight is 328 g/mol. The van der Waals surface area contributed by atoms with Gasteiger partial charge in [0.05, 0.1) is 6.04 Å². The number of carbonyl (C=O) groups is 2. The van der Waals surface area contributed by atoms with Crippen LogP contribution in [-0.4, -0.2) is 17.0 Å². The fourth-order valence-corrected chi connectivity index (χ4v) is 1.97. The van der Waals surface area contributed by atoms with E-state index >= 15 is 0 Å². The zero-order valence-electron chi connectivity index (χ0n) is 10.9. The minimum atomic E-state index is -0.816. The Kier molecular flexibility index (Phi) is 6.56. The Balaban J connectivity index is 2.31. The van der Waals surface area contributed by atoms with Gasteiger partial charge < -0.3 is 10.4 Å². The van der Waals surface area contributed by atoms with E-state index in [0.717, 1.165) is 10.0 Å². The standard InChI is InChI=1S/C14H18BrNO3/c1-10(11-6-8-12(15)9-7-11)16-13(17)4-2-3-5-14(18)19/h6-10H,2-5H2,1H3,(H,16,17)(H,18,19)/t10-/m1/s1. The molecule has 0 fully saturated rings. The molecule has 1 amide bonds. The minimum absolute atomic E-state index is 0.0409. The Morgan fingerprint density at radius 1 is 1.21 bits per heavy atom. The number of rotatable bonds is 7. The van der Waals surface area contributed by atoms with E-state index in [-0.39, 0.29) is 18.4 Å². The fraction of sp³-hybridized carbons (Fsp3) is 0.429. The summed E-state index contributed by atoms with van der Waals surface area (Å²) >= 11 is 3.36. The van der Waals surface area contributed by atoms with Crippen molar-refractivity contribution < 1.29 is 14.7 Å². The SMILES string of the molecule is C[C@@H](NC(=O)CCCCC(=O)O)c1ccc(Br)cc1. The van der Waals surface area contributed by atoms with Crippen LogP contribution in [0.5, 0.6) is 0 Å². The van der Waals surface area contributed by atoms with Gasteiger partial charge in [-0.2, -0.15) is 0 Å². The molecule has 1 aromatic carbocycles. The summed E-state index contributed by atoms with van der Waals surface area (Å²) in [5, 5.41) is 11.4. The quantitative estimate of drug-likeness (QED) is 0.755. The van der Waals surface area contributed by atoms with Crippen molar-refractivity contribution in [3.63, 3.8) is 0 Å². The van der Waals surface area contributed by atoms with E-state index in [1.807, 2.05) is 31.2 Å². The summed E-state index contributed by atoms with van der Waals surface area (Å²) in [6.07, 6.45) is 1.63. The predicted octanol–water partition coefficient (Wildman–Crippen LogP) is 3.27. The van der Waals surface area contributed by atoms with Crippen LogP contribution in [0.3, 0.4) is 0 Å². The maximum absolute atomic E-state index is 11.7. The minimum Gasteiger partial charge on any atom is -0.481 e. The molecule has 1 atom stereocenters. The third-order valence-corrected chi connectivity index (χ3v) is 3.32. The number of halogens is 1. The zero-order chi connectivity index (χ0) is 14.3. The van der Waals surface area contributed by atoms with Crippen molar-refractivity contribution in [2.24, 2.45) is 0 Å². The van der Waals surface area contributed by atoms with Crippen molar-refractivity contribution in [2.75, 3.05) is 0 Å². The number of nitrogens with one attached hydrogen (secondary N) is 1. The first kappa shape index (κ1) is 15.7. The van der Waals surface area contributed by atoms with E-state index in [1.54, 1.807) is 0 Å². The normalized spacial score (nSPS) is 11.9. The Morgan fingerprint density at radius 3 is 2.37 bits per heavy atom. The van der Waals surface area contributed by atoms with Gasteiger partial charge in [0.25, 0.3) is 0 Å². The highest BCUT2D eigenvalue weighted by Crippen LogP contribution is 2.16. The third-order valence-electron chi connectivity index (χ3n) is 2.79. The number of benzene rings is 1. The second-order valence-electron chi connectivity index (χ2n) is 4.44. The summed E-state index contributed by atoms with van der Waals surface area (Å²) in [5.41, 5.74) is 1.04. The smallest absolute Gasteiger partial charge is 0.303 e. The summed E-state index contributed by atoms with van der Waals surface area (Å²) in [6, 6.07) is 7.74. The van der Waals surface area contributed by atoms with E-state index in [4.69, 9.17) is 5.11 Å². The van der Waals surface area contributed by atoms with Gasteiger partial charge in [-0.05, 0) is 37.5 Å². The molecule has 104 valence electrons. The van der Waals surface area contributed by atoms with Gasteiger partial charge in [0.2, 0.25) is 5.91 Å². The second kappa shape index (κ2) is 7.94. The molecule has 0 saturated heterocycles. The number of carboxylic acid groups (broad SMARTS) is 1. The Bertz CT molecular complexity index is 431. The summed E-state index contributed by atoms with van der Waals surface area (Å²) in [4.78, 5) is 22.0. The number of unbranched alkanes of at least 4 members (excludes halogenated alkanes) is 1. The molecule has 0 spiro atoms. The topological polar surface area (TPSA) is 66.4 Å². The van der Waals surface area contributed by atoms with E-state index in [1.165, 1.54) is 0 Å². The maximum atomic E-state index is 11.7. The summed E-state index contributed by atoms with van der Waals surface area (Å²) < 4.78 is 1.00. The highest BCUT2D eigenvalue weighted by Gasteiger charge is 2.09. The molecule has 0 aromatic heterocycles. The van der Waals surface area contributed by atoms with Crippen molar-refractivity contribution in [3.8, 4) is 0 Å². The molecule has 1 aromatic rings. The second-order valence-corrected chi connectivity index (χ2v) is 5.36. The van der Waals surface area contributed by atoms with Crippen molar-refractivity contribution in [2.45, 2.75) is 38.6 Å². The third kappa shape index (κ3) is 6.38. The molecule has 0 unspecified atom stereocenters. The van der Waals surface area contributed by atoms with Crippen LogP contribution in [0.1, 0.15) is 44.2 Å². The monoisotopic (exact) mass is 327 g/mol. The van der Waals surface area contributed by atoms with Gasteiger partial charge >= 0.3 is 5.97 Å². The molecule has 0 aliphatic rings. The van der Waals surface area contributed by atoms with Crippen molar-refractivity contribution in [3.05, 3.63) is 34.3 Å². The van der Waals surface area contributed by atoms with Crippen LogP contribution in [0, 0.1) is 0 Å². The lowest BCUT2D eigenvalue weighted by atomic mass is 10.1. The average Bonchev–Trinajstić information content (AvgIpc) is 2.35. The van der Waals surface area contributed by atoms with Gasteiger partial charge in [-0.15, -0.1) is 0 Å². The Hall–Kier alpha value is -1.36.